The number of fused-ring (bicyclic) bond motifs is 1. The van der Waals surface area contributed by atoms with Crippen molar-refractivity contribution in [3.05, 3.63) is 69.4 Å². The molecule has 0 radical (unpaired) electrons. The highest BCUT2D eigenvalue weighted by atomic mass is 19.1. The smallest absolute Gasteiger partial charge is 0.341 e. The van der Waals surface area contributed by atoms with Crippen molar-refractivity contribution >= 4 is 11.5 Å². The number of halogens is 1. The van der Waals surface area contributed by atoms with E-state index in [0.717, 1.165) is 29.5 Å². The van der Waals surface area contributed by atoms with Gasteiger partial charge in [-0.05, 0) is 72.2 Å². The van der Waals surface area contributed by atoms with Gasteiger partial charge in [0.15, 0.2) is 11.6 Å². The molecule has 2 aromatic heterocycles. The predicted octanol–water partition coefficient (Wildman–Crippen LogP) is 3.70. The Kier molecular flexibility index (Phi) is 3.57. The molecule has 1 aliphatic carbocycles. The van der Waals surface area contributed by atoms with Crippen LogP contribution >= 0.6 is 0 Å². The fourth-order valence-corrected chi connectivity index (χ4v) is 3.44. The maximum absolute atomic E-state index is 13.8. The molecule has 0 saturated heterocycles. The number of carbonyl (C=O) groups is 1. The van der Waals surface area contributed by atoms with E-state index < -0.39 is 23.1 Å². The number of aromatic carboxylic acids is 1. The Morgan fingerprint density at radius 3 is 2.58 bits per heavy atom. The number of aryl methyl sites for hydroxylation is 1. The van der Waals surface area contributed by atoms with E-state index in [4.69, 9.17) is 0 Å². The van der Waals surface area contributed by atoms with E-state index >= 15 is 0 Å². The van der Waals surface area contributed by atoms with Crippen LogP contribution in [0.2, 0.25) is 0 Å². The molecule has 2 N–H and O–H groups in total. The predicted molar refractivity (Wildman–Crippen MR) is 94.4 cm³/mol. The average Bonchev–Trinajstić information content (AvgIpc) is 3.43. The lowest BCUT2D eigenvalue weighted by Gasteiger charge is -2.15. The fourth-order valence-electron chi connectivity index (χ4n) is 3.44. The summed E-state index contributed by atoms with van der Waals surface area (Å²) in [6.07, 6.45) is 3.43. The molecule has 1 aromatic carbocycles. The van der Waals surface area contributed by atoms with Gasteiger partial charge in [-0.2, -0.15) is 0 Å². The van der Waals surface area contributed by atoms with Crippen molar-refractivity contribution < 1.29 is 19.4 Å². The van der Waals surface area contributed by atoms with E-state index in [1.807, 2.05) is 6.92 Å². The molecule has 0 bridgehead atoms. The molecule has 0 atom stereocenters. The first-order valence-electron chi connectivity index (χ1n) is 8.29. The number of rotatable bonds is 3. The molecule has 2 heterocycles. The molecule has 6 heteroatoms. The molecule has 5 nitrogen and oxygen atoms in total. The van der Waals surface area contributed by atoms with Crippen molar-refractivity contribution in [3.8, 4) is 16.9 Å². The third-order valence-corrected chi connectivity index (χ3v) is 4.92. The number of nitrogens with zero attached hydrogens (tertiary/aromatic N) is 1. The molecule has 0 spiro atoms. The monoisotopic (exact) mass is 353 g/mol. The first-order valence-corrected chi connectivity index (χ1v) is 8.29. The van der Waals surface area contributed by atoms with Crippen LogP contribution in [0, 0.1) is 12.7 Å². The van der Waals surface area contributed by atoms with Crippen molar-refractivity contribution in [2.75, 3.05) is 0 Å². The van der Waals surface area contributed by atoms with Crippen molar-refractivity contribution in [2.24, 2.45) is 0 Å². The van der Waals surface area contributed by atoms with Gasteiger partial charge >= 0.3 is 5.97 Å². The van der Waals surface area contributed by atoms with Gasteiger partial charge in [0.2, 0.25) is 0 Å². The van der Waals surface area contributed by atoms with Gasteiger partial charge in [0, 0.05) is 6.20 Å². The Morgan fingerprint density at radius 2 is 1.96 bits per heavy atom. The molecule has 1 aliphatic rings. The Labute approximate surface area is 148 Å². The second kappa shape index (κ2) is 5.69. The number of carboxylic acids is 1. The molecule has 132 valence electrons. The molecule has 4 rings (SSSR count). The van der Waals surface area contributed by atoms with Gasteiger partial charge in [-0.1, -0.05) is 6.07 Å². The minimum absolute atomic E-state index is 0.231. The van der Waals surface area contributed by atoms with Gasteiger partial charge in [-0.15, -0.1) is 0 Å². The number of aromatic nitrogens is 1. The summed E-state index contributed by atoms with van der Waals surface area (Å²) in [6.45, 7) is 1.83. The minimum atomic E-state index is -1.24. The zero-order chi connectivity index (χ0) is 18.6. The number of pyridine rings is 2. The summed E-state index contributed by atoms with van der Waals surface area (Å²) in [7, 11) is 0. The van der Waals surface area contributed by atoms with Crippen molar-refractivity contribution in [2.45, 2.75) is 25.7 Å². The van der Waals surface area contributed by atoms with Crippen LogP contribution in [0.3, 0.4) is 0 Å². The standard InChI is InChI=1S/C20H16FNO4/c1-10-13(12-4-5-17(23)16(21)8-12)6-7-22-18(10)14(11-2-3-11)9-15(19(22)24)20(25)26/h4-9,11,23H,2-3H2,1H3,(H,25,26). The first kappa shape index (κ1) is 16.3. The van der Waals surface area contributed by atoms with E-state index in [1.165, 1.54) is 28.8 Å². The topological polar surface area (TPSA) is 79.0 Å². The number of hydrogen-bond acceptors (Lipinski definition) is 3. The minimum Gasteiger partial charge on any atom is -0.505 e. The van der Waals surface area contributed by atoms with E-state index in [-0.39, 0.29) is 11.5 Å². The van der Waals surface area contributed by atoms with Crippen LogP contribution in [0.5, 0.6) is 5.75 Å². The largest absolute Gasteiger partial charge is 0.505 e. The first-order chi connectivity index (χ1) is 12.4. The highest BCUT2D eigenvalue weighted by molar-refractivity contribution is 5.89. The molecule has 1 fully saturated rings. The summed E-state index contributed by atoms with van der Waals surface area (Å²) < 4.78 is 15.1. The van der Waals surface area contributed by atoms with Crippen LogP contribution in [0.1, 0.15) is 40.2 Å². The van der Waals surface area contributed by atoms with Crippen LogP contribution < -0.4 is 5.56 Å². The van der Waals surface area contributed by atoms with Crippen LogP contribution in [0.25, 0.3) is 16.6 Å². The number of benzene rings is 1. The van der Waals surface area contributed by atoms with E-state index in [1.54, 1.807) is 12.1 Å². The second-order valence-corrected chi connectivity index (χ2v) is 6.64. The average molecular weight is 353 g/mol. The number of carboxylic acid groups (broad SMARTS) is 1. The molecule has 0 amide bonds. The summed E-state index contributed by atoms with van der Waals surface area (Å²) in [4.78, 5) is 24.0. The third kappa shape index (κ3) is 2.45. The van der Waals surface area contributed by atoms with E-state index in [0.29, 0.717) is 11.1 Å². The molecule has 1 saturated carbocycles. The third-order valence-electron chi connectivity index (χ3n) is 4.92. The summed E-state index contributed by atoms with van der Waals surface area (Å²) in [6, 6.07) is 7.28. The normalized spacial score (nSPS) is 13.9. The van der Waals surface area contributed by atoms with Crippen molar-refractivity contribution in [1.82, 2.24) is 4.40 Å². The molecular formula is C20H16FNO4. The molecule has 3 aromatic rings. The lowest BCUT2D eigenvalue weighted by Crippen LogP contribution is -2.23. The summed E-state index contributed by atoms with van der Waals surface area (Å²) >= 11 is 0. The lowest BCUT2D eigenvalue weighted by molar-refractivity contribution is 0.0694. The second-order valence-electron chi connectivity index (χ2n) is 6.64. The van der Waals surface area contributed by atoms with Gasteiger partial charge in [0.25, 0.3) is 5.56 Å². The lowest BCUT2D eigenvalue weighted by atomic mass is 9.96. The Hall–Kier alpha value is -3.15. The molecule has 0 aliphatic heterocycles. The number of phenols is 1. The van der Waals surface area contributed by atoms with Crippen LogP contribution in [-0.4, -0.2) is 20.6 Å². The zero-order valence-corrected chi connectivity index (χ0v) is 14.0. The molecular weight excluding hydrogens is 337 g/mol. The fraction of sp³-hybridized carbons (Fsp3) is 0.200. The van der Waals surface area contributed by atoms with Gasteiger partial charge in [-0.25, -0.2) is 9.18 Å². The summed E-state index contributed by atoms with van der Waals surface area (Å²) in [5, 5.41) is 18.7. The van der Waals surface area contributed by atoms with Crippen LogP contribution in [-0.2, 0) is 0 Å². The van der Waals surface area contributed by atoms with E-state index in [2.05, 4.69) is 0 Å². The maximum Gasteiger partial charge on any atom is 0.341 e. The SMILES string of the molecule is Cc1c(-c2ccc(O)c(F)c2)ccn2c(=O)c(C(=O)O)cc(C3CC3)c12. The van der Waals surface area contributed by atoms with Crippen LogP contribution in [0.4, 0.5) is 4.39 Å². The molecule has 0 unspecified atom stereocenters. The Morgan fingerprint density at radius 1 is 1.23 bits per heavy atom. The van der Waals surface area contributed by atoms with Gasteiger partial charge in [0.05, 0.1) is 5.52 Å². The van der Waals surface area contributed by atoms with Crippen molar-refractivity contribution in [1.29, 1.82) is 0 Å². The van der Waals surface area contributed by atoms with Gasteiger partial charge in [0.1, 0.15) is 5.56 Å². The van der Waals surface area contributed by atoms with Crippen molar-refractivity contribution in [3.63, 3.8) is 0 Å². The molecule has 26 heavy (non-hydrogen) atoms. The quantitative estimate of drug-likeness (QED) is 0.753. The van der Waals surface area contributed by atoms with Crippen LogP contribution in [0.15, 0.2) is 41.3 Å². The summed E-state index contributed by atoms with van der Waals surface area (Å²) in [5.41, 5.74) is 2.77. The number of phenolic OH excluding ortho intramolecular Hbond substituents is 1. The maximum atomic E-state index is 13.8. The number of aromatic hydroxyl groups is 1. The number of hydrogen-bond donors (Lipinski definition) is 2. The highest BCUT2D eigenvalue weighted by Crippen LogP contribution is 2.43. The van der Waals surface area contributed by atoms with Gasteiger partial charge < -0.3 is 10.2 Å². The van der Waals surface area contributed by atoms with Gasteiger partial charge in [-0.3, -0.25) is 9.20 Å². The zero-order valence-electron chi connectivity index (χ0n) is 14.0. The summed E-state index contributed by atoms with van der Waals surface area (Å²) in [5.74, 6) is -2.15. The highest BCUT2D eigenvalue weighted by Gasteiger charge is 2.29. The van der Waals surface area contributed by atoms with E-state index in [9.17, 15) is 24.2 Å². The Bertz CT molecular complexity index is 1130. The Balaban J connectivity index is 2.05.